The molecule has 1 spiro atoms. The third-order valence-electron chi connectivity index (χ3n) is 4.45. The van der Waals surface area contributed by atoms with Gasteiger partial charge in [0.2, 0.25) is 0 Å². The van der Waals surface area contributed by atoms with Gasteiger partial charge in [-0.25, -0.2) is 9.59 Å². The molecule has 7 heteroatoms. The Hall–Kier alpha value is -2.28. The number of rotatable bonds is 2. The number of likely N-dealkylation sites (tertiary alicyclic amines) is 1. The highest BCUT2D eigenvalue weighted by Crippen LogP contribution is 2.32. The number of hydrogen-bond donors (Lipinski definition) is 0. The van der Waals surface area contributed by atoms with Crippen molar-refractivity contribution in [2.45, 2.75) is 38.5 Å². The van der Waals surface area contributed by atoms with Crippen molar-refractivity contribution in [1.29, 1.82) is 0 Å². The lowest BCUT2D eigenvalue weighted by Gasteiger charge is -2.56. The van der Waals surface area contributed by atoms with Gasteiger partial charge in [0.25, 0.3) is 0 Å². The molecule has 2 aliphatic heterocycles. The lowest BCUT2D eigenvalue weighted by atomic mass is 9.88. The summed E-state index contributed by atoms with van der Waals surface area (Å²) in [6.07, 6.45) is -0.743. The minimum Gasteiger partial charge on any atom is -0.445 e. The minimum absolute atomic E-state index is 0.232. The lowest BCUT2D eigenvalue weighted by Crippen LogP contribution is -2.76. The molecule has 0 radical (unpaired) electrons. The summed E-state index contributed by atoms with van der Waals surface area (Å²) in [4.78, 5) is 28.1. The zero-order valence-corrected chi connectivity index (χ0v) is 15.6. The summed E-state index contributed by atoms with van der Waals surface area (Å²) in [5.41, 5.74) is -0.145. The molecule has 142 valence electrons. The van der Waals surface area contributed by atoms with Crippen LogP contribution < -0.4 is 0 Å². The molecular weight excluding hydrogens is 336 g/mol. The summed E-state index contributed by atoms with van der Waals surface area (Å²) in [6.45, 7) is 7.86. The van der Waals surface area contributed by atoms with Crippen LogP contribution in [0.2, 0.25) is 0 Å². The molecule has 3 rings (SSSR count). The Morgan fingerprint density at radius 3 is 2.50 bits per heavy atom. The summed E-state index contributed by atoms with van der Waals surface area (Å²) < 4.78 is 16.4. The summed E-state index contributed by atoms with van der Waals surface area (Å²) >= 11 is 0. The van der Waals surface area contributed by atoms with E-state index in [1.54, 1.807) is 9.80 Å². The third-order valence-corrected chi connectivity index (χ3v) is 4.45. The highest BCUT2D eigenvalue weighted by atomic mass is 16.6. The number of benzene rings is 1. The van der Waals surface area contributed by atoms with Gasteiger partial charge in [0.15, 0.2) is 0 Å². The van der Waals surface area contributed by atoms with Gasteiger partial charge in [-0.1, -0.05) is 30.3 Å². The smallest absolute Gasteiger partial charge is 0.411 e. The fraction of sp³-hybridized carbons (Fsp3) is 0.579. The number of carbonyl (C=O) groups is 2. The van der Waals surface area contributed by atoms with Crippen molar-refractivity contribution in [3.8, 4) is 0 Å². The number of hydrogen-bond acceptors (Lipinski definition) is 5. The van der Waals surface area contributed by atoms with Crippen molar-refractivity contribution >= 4 is 12.2 Å². The first-order valence-corrected chi connectivity index (χ1v) is 8.83. The molecule has 26 heavy (non-hydrogen) atoms. The predicted molar refractivity (Wildman–Crippen MR) is 94.7 cm³/mol. The Kier molecular flexibility index (Phi) is 5.09. The number of ether oxygens (including phenoxy) is 3. The van der Waals surface area contributed by atoms with E-state index in [-0.39, 0.29) is 18.8 Å². The van der Waals surface area contributed by atoms with Crippen LogP contribution in [0.1, 0.15) is 26.3 Å². The second-order valence-corrected chi connectivity index (χ2v) is 7.81. The van der Waals surface area contributed by atoms with Gasteiger partial charge in [0, 0.05) is 6.54 Å². The van der Waals surface area contributed by atoms with Crippen LogP contribution in [-0.2, 0) is 20.8 Å². The van der Waals surface area contributed by atoms with Crippen molar-refractivity contribution in [2.24, 2.45) is 0 Å². The van der Waals surface area contributed by atoms with Crippen LogP contribution >= 0.6 is 0 Å². The summed E-state index contributed by atoms with van der Waals surface area (Å²) in [5, 5.41) is 0. The Morgan fingerprint density at radius 1 is 1.15 bits per heavy atom. The van der Waals surface area contributed by atoms with E-state index in [4.69, 9.17) is 14.2 Å². The molecule has 0 aliphatic carbocycles. The highest BCUT2D eigenvalue weighted by Gasteiger charge is 2.54. The van der Waals surface area contributed by atoms with Gasteiger partial charge >= 0.3 is 12.2 Å². The van der Waals surface area contributed by atoms with Crippen molar-refractivity contribution in [2.75, 3.05) is 32.8 Å². The average molecular weight is 362 g/mol. The standard InChI is InChI=1S/C19H26N2O5/c1-18(2,3)26-17(23)21-9-10-24-14-19(21)12-20(13-19)16(22)25-11-15-7-5-4-6-8-15/h4-8H,9-14H2,1-3H3. The number of carbonyl (C=O) groups excluding carboxylic acids is 2. The molecule has 2 amide bonds. The van der Waals surface area contributed by atoms with E-state index in [2.05, 4.69) is 0 Å². The molecule has 2 fully saturated rings. The Labute approximate surface area is 153 Å². The second kappa shape index (κ2) is 7.15. The zero-order chi connectivity index (χ0) is 18.8. The van der Waals surface area contributed by atoms with Crippen LogP contribution in [-0.4, -0.2) is 66.0 Å². The fourth-order valence-electron chi connectivity index (χ4n) is 3.20. The van der Waals surface area contributed by atoms with Crippen LogP contribution in [0.25, 0.3) is 0 Å². The molecule has 7 nitrogen and oxygen atoms in total. The molecule has 0 N–H and O–H groups in total. The first kappa shape index (κ1) is 18.5. The SMILES string of the molecule is CC(C)(C)OC(=O)N1CCOCC12CN(C(=O)OCc1ccccc1)C2. The zero-order valence-electron chi connectivity index (χ0n) is 15.6. The molecule has 2 saturated heterocycles. The maximum Gasteiger partial charge on any atom is 0.411 e. The van der Waals surface area contributed by atoms with Crippen LogP contribution in [0.4, 0.5) is 9.59 Å². The van der Waals surface area contributed by atoms with Crippen LogP contribution in [0, 0.1) is 0 Å². The van der Waals surface area contributed by atoms with E-state index in [0.29, 0.717) is 32.8 Å². The van der Waals surface area contributed by atoms with Crippen LogP contribution in [0.5, 0.6) is 0 Å². The molecule has 0 aromatic heterocycles. The minimum atomic E-state index is -0.561. The van der Waals surface area contributed by atoms with Gasteiger partial charge < -0.3 is 19.1 Å². The van der Waals surface area contributed by atoms with E-state index in [9.17, 15) is 9.59 Å². The molecule has 0 bridgehead atoms. The van der Waals surface area contributed by atoms with Crippen molar-refractivity contribution in [1.82, 2.24) is 9.80 Å². The topological polar surface area (TPSA) is 68.3 Å². The number of nitrogens with zero attached hydrogens (tertiary/aromatic N) is 2. The molecule has 1 aromatic carbocycles. The number of amides is 2. The first-order valence-electron chi connectivity index (χ1n) is 8.83. The van der Waals surface area contributed by atoms with Gasteiger partial charge in [0.05, 0.1) is 26.3 Å². The van der Waals surface area contributed by atoms with E-state index >= 15 is 0 Å². The Morgan fingerprint density at radius 2 is 1.85 bits per heavy atom. The van der Waals surface area contributed by atoms with Gasteiger partial charge in [0.1, 0.15) is 17.7 Å². The monoisotopic (exact) mass is 362 g/mol. The van der Waals surface area contributed by atoms with Gasteiger partial charge in [-0.2, -0.15) is 0 Å². The normalized spacial score (nSPS) is 19.0. The summed E-state index contributed by atoms with van der Waals surface area (Å²) in [5.74, 6) is 0. The molecule has 2 heterocycles. The Balaban J connectivity index is 1.56. The summed E-state index contributed by atoms with van der Waals surface area (Å²) in [6, 6.07) is 9.53. The fourth-order valence-corrected chi connectivity index (χ4v) is 3.20. The molecule has 0 atom stereocenters. The average Bonchev–Trinajstić information content (AvgIpc) is 2.57. The van der Waals surface area contributed by atoms with E-state index in [0.717, 1.165) is 5.56 Å². The van der Waals surface area contributed by atoms with Gasteiger partial charge in [-0.15, -0.1) is 0 Å². The molecular formula is C19H26N2O5. The second-order valence-electron chi connectivity index (χ2n) is 7.81. The first-order chi connectivity index (χ1) is 12.3. The molecule has 0 unspecified atom stereocenters. The Bertz CT molecular complexity index is 650. The highest BCUT2D eigenvalue weighted by molar-refractivity contribution is 5.73. The maximum absolute atomic E-state index is 12.5. The lowest BCUT2D eigenvalue weighted by molar-refractivity contribution is -0.129. The number of morpholine rings is 1. The summed E-state index contributed by atoms with van der Waals surface area (Å²) in [7, 11) is 0. The van der Waals surface area contributed by atoms with E-state index in [1.807, 2.05) is 51.1 Å². The molecule has 0 saturated carbocycles. The van der Waals surface area contributed by atoms with Crippen LogP contribution in [0.15, 0.2) is 30.3 Å². The molecule has 1 aromatic rings. The molecule has 2 aliphatic rings. The van der Waals surface area contributed by atoms with E-state index < -0.39 is 11.1 Å². The largest absolute Gasteiger partial charge is 0.445 e. The predicted octanol–water partition coefficient (Wildman–Crippen LogP) is 2.64. The maximum atomic E-state index is 12.5. The van der Waals surface area contributed by atoms with E-state index in [1.165, 1.54) is 0 Å². The van der Waals surface area contributed by atoms with Gasteiger partial charge in [-0.05, 0) is 26.3 Å². The van der Waals surface area contributed by atoms with Gasteiger partial charge in [-0.3, -0.25) is 4.90 Å². The van der Waals surface area contributed by atoms with Crippen molar-refractivity contribution in [3.63, 3.8) is 0 Å². The van der Waals surface area contributed by atoms with Crippen LogP contribution in [0.3, 0.4) is 0 Å². The van der Waals surface area contributed by atoms with Crippen molar-refractivity contribution in [3.05, 3.63) is 35.9 Å². The third kappa shape index (κ3) is 4.09. The quantitative estimate of drug-likeness (QED) is 0.809. The van der Waals surface area contributed by atoms with Crippen molar-refractivity contribution < 1.29 is 23.8 Å².